The molecule has 220 valence electrons. The molecule has 40 heavy (non-hydrogen) atoms. The van der Waals surface area contributed by atoms with Crippen molar-refractivity contribution in [3.8, 4) is 5.75 Å². The lowest BCUT2D eigenvalue weighted by Crippen LogP contribution is -2.43. The second kappa shape index (κ2) is 14.3. The second-order valence-corrected chi connectivity index (χ2v) is 12.1. The molecule has 2 aromatic rings. The summed E-state index contributed by atoms with van der Waals surface area (Å²) in [5.41, 5.74) is 4.04. The fourth-order valence-corrected chi connectivity index (χ4v) is 5.27. The topological polar surface area (TPSA) is 157 Å². The number of hydrogen-bond acceptors (Lipinski definition) is 9. The Morgan fingerprint density at radius 3 is 2.55 bits per heavy atom. The van der Waals surface area contributed by atoms with E-state index in [9.17, 15) is 28.2 Å². The molecule has 5 N–H and O–H groups in total. The lowest BCUT2D eigenvalue weighted by Gasteiger charge is -2.34. The molecule has 1 aliphatic rings. The molecule has 1 amide bonds. The third-order valence-corrected chi connectivity index (χ3v) is 7.41. The first kappa shape index (κ1) is 31.2. The third-order valence-electron chi connectivity index (χ3n) is 6.82. The van der Waals surface area contributed by atoms with Gasteiger partial charge in [0.2, 0.25) is 10.0 Å². The van der Waals surface area contributed by atoms with Gasteiger partial charge >= 0.3 is 5.97 Å². The number of anilines is 2. The van der Waals surface area contributed by atoms with Gasteiger partial charge in [-0.15, -0.1) is 0 Å². The van der Waals surface area contributed by atoms with Crippen molar-refractivity contribution >= 4 is 33.3 Å². The molecule has 11 nitrogen and oxygen atoms in total. The summed E-state index contributed by atoms with van der Waals surface area (Å²) in [6, 6.07) is 11.6. The first-order valence-electron chi connectivity index (χ1n) is 13.5. The molecule has 1 fully saturated rings. The number of benzene rings is 2. The molecule has 1 unspecified atom stereocenters. The molecule has 0 radical (unpaired) electrons. The van der Waals surface area contributed by atoms with Gasteiger partial charge in [-0.05, 0) is 54.7 Å². The number of nitrogens with one attached hydrogen (secondary N) is 3. The van der Waals surface area contributed by atoms with E-state index in [2.05, 4.69) is 27.3 Å². The maximum absolute atomic E-state index is 12.5. The first-order chi connectivity index (χ1) is 18.9. The lowest BCUT2D eigenvalue weighted by atomic mass is 10.0. The number of aromatic hydroxyl groups is 1. The Morgan fingerprint density at radius 1 is 1.15 bits per heavy atom. The van der Waals surface area contributed by atoms with E-state index in [1.54, 1.807) is 24.3 Å². The predicted octanol–water partition coefficient (Wildman–Crippen LogP) is 3.07. The summed E-state index contributed by atoms with van der Waals surface area (Å²) in [4.78, 5) is 31.6. The summed E-state index contributed by atoms with van der Waals surface area (Å²) in [5.74, 6) is -0.959. The molecular formula is C28H40N4O7S. The number of rotatable bonds is 12. The lowest BCUT2D eigenvalue weighted by molar-refractivity contribution is -0.150. The molecule has 12 heteroatoms. The number of piperidine rings is 1. The van der Waals surface area contributed by atoms with Gasteiger partial charge in [-0.3, -0.25) is 9.52 Å². The Balaban J connectivity index is 1.47. The molecule has 0 aliphatic carbocycles. The van der Waals surface area contributed by atoms with Crippen LogP contribution in [0.3, 0.4) is 0 Å². The van der Waals surface area contributed by atoms with E-state index in [-0.39, 0.29) is 36.4 Å². The van der Waals surface area contributed by atoms with Crippen molar-refractivity contribution in [3.63, 3.8) is 0 Å². The number of carbonyl (C=O) groups excluding carboxylic acids is 2. The normalized spacial score (nSPS) is 15.8. The Hall–Kier alpha value is -3.35. The Bertz CT molecular complexity index is 1260. The van der Waals surface area contributed by atoms with Crippen LogP contribution in [0.4, 0.5) is 11.4 Å². The number of aliphatic hydroxyl groups excluding tert-OH is 1. The molecule has 0 aromatic heterocycles. The molecule has 2 atom stereocenters. The molecule has 3 rings (SSSR count). The molecule has 1 aliphatic heterocycles. The molecule has 0 saturated carbocycles. The zero-order chi connectivity index (χ0) is 29.3. The van der Waals surface area contributed by atoms with E-state index in [1.807, 2.05) is 13.0 Å². The summed E-state index contributed by atoms with van der Waals surface area (Å²) in [5, 5.41) is 23.9. The van der Waals surface area contributed by atoms with Crippen LogP contribution >= 0.6 is 0 Å². The van der Waals surface area contributed by atoms with Crippen molar-refractivity contribution in [2.75, 3.05) is 35.5 Å². The third kappa shape index (κ3) is 9.68. The van der Waals surface area contributed by atoms with Crippen LogP contribution in [-0.4, -0.2) is 62.4 Å². The van der Waals surface area contributed by atoms with Gasteiger partial charge < -0.3 is 25.3 Å². The van der Waals surface area contributed by atoms with Crippen LogP contribution in [0.1, 0.15) is 68.0 Å². The summed E-state index contributed by atoms with van der Waals surface area (Å²) in [7, 11) is -3.57. The molecule has 1 saturated heterocycles. The fraction of sp³-hybridized carbons (Fsp3) is 0.500. The fourth-order valence-electron chi connectivity index (χ4n) is 4.71. The van der Waals surface area contributed by atoms with Gasteiger partial charge in [0.05, 0.1) is 24.5 Å². The van der Waals surface area contributed by atoms with Gasteiger partial charge in [-0.25, -0.2) is 13.2 Å². The van der Waals surface area contributed by atoms with Crippen molar-refractivity contribution in [2.45, 2.75) is 58.1 Å². The number of aliphatic hydroxyl groups is 1. The minimum Gasteiger partial charge on any atom is -0.506 e. The van der Waals surface area contributed by atoms with Crippen molar-refractivity contribution in [1.29, 1.82) is 0 Å². The smallest absolute Gasteiger partial charge is 0.332 e. The van der Waals surface area contributed by atoms with Crippen molar-refractivity contribution in [3.05, 3.63) is 53.6 Å². The van der Waals surface area contributed by atoms with Crippen LogP contribution in [0, 0.1) is 5.92 Å². The van der Waals surface area contributed by atoms with E-state index in [0.29, 0.717) is 11.1 Å². The van der Waals surface area contributed by atoms with E-state index >= 15 is 0 Å². The minimum atomic E-state index is -3.57. The highest BCUT2D eigenvalue weighted by Crippen LogP contribution is 2.28. The minimum absolute atomic E-state index is 0.0167. The number of hydroxylamine groups is 1. The van der Waals surface area contributed by atoms with Crippen LogP contribution in [0.15, 0.2) is 42.5 Å². The Morgan fingerprint density at radius 2 is 1.88 bits per heavy atom. The number of phenols is 1. The summed E-state index contributed by atoms with van der Waals surface area (Å²) < 4.78 is 25.3. The largest absolute Gasteiger partial charge is 0.506 e. The Labute approximate surface area is 235 Å². The van der Waals surface area contributed by atoms with Gasteiger partial charge in [-0.1, -0.05) is 38.8 Å². The standard InChI is InChI=1S/C28H40N4O7S/c1-4-6-19(2)15-27(35)39-30-28(36)21-7-5-8-23(16-21)32-13-11-22(12-14-32)29-18-26(34)20-9-10-25(33)24(17-20)31-40(3,37)38/h5,7-10,16-17,19,22,26,29,31,33-34H,4,6,11-15,18H2,1-3H3,(H,30,36)/t19?,26-/m0/s1. The summed E-state index contributed by atoms with van der Waals surface area (Å²) in [6.07, 6.45) is 3.88. The average molecular weight is 577 g/mol. The number of carbonyl (C=O) groups is 2. The summed E-state index contributed by atoms with van der Waals surface area (Å²) in [6.45, 7) is 5.78. The van der Waals surface area contributed by atoms with Crippen LogP contribution in [0.5, 0.6) is 5.75 Å². The van der Waals surface area contributed by atoms with Gasteiger partial charge in [-0.2, -0.15) is 5.48 Å². The summed E-state index contributed by atoms with van der Waals surface area (Å²) >= 11 is 0. The molecular weight excluding hydrogens is 536 g/mol. The van der Waals surface area contributed by atoms with Crippen LogP contribution in [-0.2, 0) is 19.7 Å². The van der Waals surface area contributed by atoms with Gasteiger partial charge in [0, 0.05) is 36.9 Å². The van der Waals surface area contributed by atoms with Gasteiger partial charge in [0.25, 0.3) is 5.91 Å². The first-order valence-corrected chi connectivity index (χ1v) is 15.4. The van der Waals surface area contributed by atoms with Crippen LogP contribution in [0.25, 0.3) is 0 Å². The maximum Gasteiger partial charge on any atom is 0.332 e. The van der Waals surface area contributed by atoms with E-state index in [1.165, 1.54) is 12.1 Å². The molecule has 0 bridgehead atoms. The van der Waals surface area contributed by atoms with Crippen LogP contribution < -0.4 is 20.4 Å². The maximum atomic E-state index is 12.5. The van der Waals surface area contributed by atoms with Crippen molar-refractivity contribution in [1.82, 2.24) is 10.8 Å². The number of phenolic OH excluding ortho intramolecular Hbond substituents is 1. The SMILES string of the molecule is CCCC(C)CC(=O)ONC(=O)c1cccc(N2CCC(NC[C@H](O)c3ccc(O)c(NS(C)(=O)=O)c3)CC2)c1. The average Bonchev–Trinajstić information content (AvgIpc) is 2.91. The number of hydrogen-bond donors (Lipinski definition) is 5. The van der Waals surface area contributed by atoms with E-state index in [4.69, 9.17) is 4.84 Å². The monoisotopic (exact) mass is 576 g/mol. The van der Waals surface area contributed by atoms with E-state index < -0.39 is 28.0 Å². The second-order valence-electron chi connectivity index (χ2n) is 10.4. The van der Waals surface area contributed by atoms with Crippen molar-refractivity contribution in [2.24, 2.45) is 5.92 Å². The Kier molecular flexibility index (Phi) is 11.2. The number of sulfonamides is 1. The molecule has 1 heterocycles. The highest BCUT2D eigenvalue weighted by molar-refractivity contribution is 7.92. The van der Waals surface area contributed by atoms with Gasteiger partial charge in [0.15, 0.2) is 0 Å². The molecule has 2 aromatic carbocycles. The number of amides is 1. The van der Waals surface area contributed by atoms with Crippen LogP contribution in [0.2, 0.25) is 0 Å². The molecule has 0 spiro atoms. The quantitative estimate of drug-likeness (QED) is 0.189. The van der Waals surface area contributed by atoms with E-state index in [0.717, 1.165) is 50.7 Å². The van der Waals surface area contributed by atoms with Crippen molar-refractivity contribution < 1.29 is 33.1 Å². The van der Waals surface area contributed by atoms with Gasteiger partial charge in [0.1, 0.15) is 5.75 Å². The highest BCUT2D eigenvalue weighted by Gasteiger charge is 2.22. The highest BCUT2D eigenvalue weighted by atomic mass is 32.2. The zero-order valence-corrected chi connectivity index (χ0v) is 24.0. The predicted molar refractivity (Wildman–Crippen MR) is 153 cm³/mol. The zero-order valence-electron chi connectivity index (χ0n) is 23.2. The number of nitrogens with zero attached hydrogens (tertiary/aromatic N) is 1.